The van der Waals surface area contributed by atoms with Crippen molar-refractivity contribution in [2.75, 3.05) is 0 Å². The number of nitrogens with one attached hydrogen (secondary N) is 1. The number of hydrogen-bond donors (Lipinski definition) is 2. The van der Waals surface area contributed by atoms with Gasteiger partial charge in [-0.3, -0.25) is 5.84 Å². The van der Waals surface area contributed by atoms with Gasteiger partial charge in [-0.2, -0.15) is 5.10 Å². The molecule has 18 heavy (non-hydrogen) atoms. The van der Waals surface area contributed by atoms with Crippen molar-refractivity contribution in [2.24, 2.45) is 5.84 Å². The molecule has 2 aromatic rings. The predicted octanol–water partition coefficient (Wildman–Crippen LogP) is 0.641. The van der Waals surface area contributed by atoms with Crippen LogP contribution in [0.3, 0.4) is 0 Å². The molecule has 1 aromatic carbocycles. The Balaban J connectivity index is 2.70. The summed E-state index contributed by atoms with van der Waals surface area (Å²) < 4.78 is 25.3. The Labute approximate surface area is 105 Å². The number of hydrogen-bond acceptors (Lipinski definition) is 4. The molecule has 0 unspecified atom stereocenters. The molecule has 0 aliphatic carbocycles. The zero-order valence-corrected chi connectivity index (χ0v) is 10.9. The number of nitrogens with zero attached hydrogens (tertiary/aromatic N) is 2. The molecule has 2 rings (SSSR count). The number of para-hydroxylation sites is 1. The van der Waals surface area contributed by atoms with Crippen molar-refractivity contribution in [3.05, 3.63) is 41.7 Å². The molecule has 0 radical (unpaired) electrons. The van der Waals surface area contributed by atoms with E-state index < -0.39 is 10.0 Å². The second-order valence-electron chi connectivity index (χ2n) is 3.93. The lowest BCUT2D eigenvalue weighted by Gasteiger charge is -2.10. The van der Waals surface area contributed by atoms with Crippen molar-refractivity contribution in [3.8, 4) is 5.69 Å². The van der Waals surface area contributed by atoms with Gasteiger partial charge in [0, 0.05) is 5.69 Å². The highest BCUT2D eigenvalue weighted by Gasteiger charge is 2.18. The van der Waals surface area contributed by atoms with Crippen molar-refractivity contribution >= 4 is 10.0 Å². The second kappa shape index (κ2) is 4.52. The van der Waals surface area contributed by atoms with Crippen LogP contribution in [0.15, 0.2) is 35.2 Å². The highest BCUT2D eigenvalue weighted by molar-refractivity contribution is 7.89. The molecule has 0 spiro atoms. The van der Waals surface area contributed by atoms with Crippen LogP contribution < -0.4 is 10.7 Å². The molecule has 0 atom stereocenters. The lowest BCUT2D eigenvalue weighted by Crippen LogP contribution is -2.31. The topological polar surface area (TPSA) is 90.0 Å². The van der Waals surface area contributed by atoms with Gasteiger partial charge in [0.2, 0.25) is 0 Å². The van der Waals surface area contributed by atoms with Crippen LogP contribution in [0.2, 0.25) is 0 Å². The van der Waals surface area contributed by atoms with E-state index in [1.807, 2.05) is 24.7 Å². The minimum absolute atomic E-state index is 0.0960. The Morgan fingerprint density at radius 2 is 1.94 bits per heavy atom. The molecule has 3 N–H and O–H groups in total. The summed E-state index contributed by atoms with van der Waals surface area (Å²) in [6.45, 7) is 3.71. The number of rotatable bonds is 3. The van der Waals surface area contributed by atoms with Crippen LogP contribution in [0.5, 0.6) is 0 Å². The van der Waals surface area contributed by atoms with Crippen molar-refractivity contribution in [1.29, 1.82) is 0 Å². The fourth-order valence-electron chi connectivity index (χ4n) is 1.80. The van der Waals surface area contributed by atoms with Crippen LogP contribution in [0.4, 0.5) is 0 Å². The first-order valence-corrected chi connectivity index (χ1v) is 6.79. The zero-order chi connectivity index (χ0) is 13.3. The summed E-state index contributed by atoms with van der Waals surface area (Å²) in [5.41, 5.74) is 2.15. The lowest BCUT2D eigenvalue weighted by molar-refractivity contribution is 0.583. The van der Waals surface area contributed by atoms with Crippen LogP contribution >= 0.6 is 0 Å². The van der Waals surface area contributed by atoms with Gasteiger partial charge in [0.25, 0.3) is 10.0 Å². The molecule has 0 amide bonds. The number of aryl methyl sites for hydroxylation is 2. The molecular formula is C11H14N4O2S. The number of aromatic nitrogens is 2. The Bertz CT molecular complexity index is 676. The maximum Gasteiger partial charge on any atom is 0.255 e. The average Bonchev–Trinajstić information content (AvgIpc) is 2.68. The predicted molar refractivity (Wildman–Crippen MR) is 67.5 cm³/mol. The first-order valence-electron chi connectivity index (χ1n) is 5.31. The molecular weight excluding hydrogens is 252 g/mol. The van der Waals surface area contributed by atoms with E-state index in [0.717, 1.165) is 11.4 Å². The van der Waals surface area contributed by atoms with Gasteiger partial charge in [0.15, 0.2) is 0 Å². The summed E-state index contributed by atoms with van der Waals surface area (Å²) in [5, 5.41) is 4.27. The molecule has 0 bridgehead atoms. The minimum atomic E-state index is -3.72. The molecule has 1 heterocycles. The fraction of sp³-hybridized carbons (Fsp3) is 0.182. The lowest BCUT2D eigenvalue weighted by atomic mass is 10.3. The van der Waals surface area contributed by atoms with Crippen LogP contribution in [0, 0.1) is 13.8 Å². The van der Waals surface area contributed by atoms with Crippen molar-refractivity contribution < 1.29 is 8.42 Å². The largest absolute Gasteiger partial charge is 0.257 e. The number of sulfonamides is 1. The van der Waals surface area contributed by atoms with Gasteiger partial charge in [-0.05, 0) is 32.0 Å². The molecule has 7 heteroatoms. The van der Waals surface area contributed by atoms with E-state index in [4.69, 9.17) is 5.84 Å². The highest BCUT2D eigenvalue weighted by atomic mass is 32.2. The minimum Gasteiger partial charge on any atom is -0.257 e. The van der Waals surface area contributed by atoms with Crippen LogP contribution in [0.25, 0.3) is 5.69 Å². The summed E-state index contributed by atoms with van der Waals surface area (Å²) in [5.74, 6) is 5.06. The van der Waals surface area contributed by atoms with Gasteiger partial charge in [-0.25, -0.2) is 13.1 Å². The summed E-state index contributed by atoms with van der Waals surface area (Å²) in [7, 11) is -3.72. The molecule has 1 aromatic heterocycles. The van der Waals surface area contributed by atoms with Crippen LogP contribution in [-0.2, 0) is 10.0 Å². The van der Waals surface area contributed by atoms with Crippen LogP contribution in [0.1, 0.15) is 11.4 Å². The summed E-state index contributed by atoms with van der Waals surface area (Å²) in [6, 6.07) is 8.44. The van der Waals surface area contributed by atoms with Crippen molar-refractivity contribution in [1.82, 2.24) is 14.6 Å². The van der Waals surface area contributed by atoms with Gasteiger partial charge in [-0.15, -0.1) is 4.83 Å². The maximum absolute atomic E-state index is 11.8. The normalized spacial score (nSPS) is 11.7. The third-order valence-corrected chi connectivity index (χ3v) is 3.78. The quantitative estimate of drug-likeness (QED) is 0.630. The van der Waals surface area contributed by atoms with Crippen molar-refractivity contribution in [2.45, 2.75) is 18.7 Å². The third-order valence-electron chi connectivity index (χ3n) is 2.55. The smallest absolute Gasteiger partial charge is 0.255 e. The molecule has 0 saturated heterocycles. The zero-order valence-electron chi connectivity index (χ0n) is 10.1. The van der Waals surface area contributed by atoms with E-state index in [2.05, 4.69) is 5.10 Å². The molecule has 0 aliphatic rings. The number of hydrazine groups is 1. The van der Waals surface area contributed by atoms with Crippen LogP contribution in [-0.4, -0.2) is 18.2 Å². The SMILES string of the molecule is Cc1cc(C)n(-c2ccccc2S(=O)(=O)NN)n1. The second-order valence-corrected chi connectivity index (χ2v) is 5.61. The number of nitrogens with two attached hydrogens (primary N) is 1. The average molecular weight is 266 g/mol. The first kappa shape index (κ1) is 12.7. The van der Waals surface area contributed by atoms with E-state index in [1.54, 1.807) is 22.9 Å². The Morgan fingerprint density at radius 3 is 2.50 bits per heavy atom. The standard InChI is InChI=1S/C11H14N4O2S/c1-8-7-9(2)15(13-8)10-5-3-4-6-11(10)18(16,17)14-12/h3-7,14H,12H2,1-2H3. The van der Waals surface area contributed by atoms with E-state index in [-0.39, 0.29) is 4.90 Å². The molecule has 96 valence electrons. The molecule has 0 saturated carbocycles. The summed E-state index contributed by atoms with van der Waals surface area (Å²) >= 11 is 0. The summed E-state index contributed by atoms with van der Waals surface area (Å²) in [4.78, 5) is 1.92. The highest BCUT2D eigenvalue weighted by Crippen LogP contribution is 2.20. The fourth-order valence-corrected chi connectivity index (χ4v) is 2.61. The van der Waals surface area contributed by atoms with Gasteiger partial charge >= 0.3 is 0 Å². The third kappa shape index (κ3) is 2.15. The maximum atomic E-state index is 11.8. The monoisotopic (exact) mass is 266 g/mol. The number of benzene rings is 1. The molecule has 0 aliphatic heterocycles. The molecule has 0 fully saturated rings. The Morgan fingerprint density at radius 1 is 1.28 bits per heavy atom. The summed E-state index contributed by atoms with van der Waals surface area (Å²) in [6.07, 6.45) is 0. The van der Waals surface area contributed by atoms with Gasteiger partial charge in [0.05, 0.1) is 11.4 Å². The van der Waals surface area contributed by atoms with Crippen molar-refractivity contribution in [3.63, 3.8) is 0 Å². The Hall–Kier alpha value is -1.70. The van der Waals surface area contributed by atoms with Gasteiger partial charge in [-0.1, -0.05) is 12.1 Å². The van der Waals surface area contributed by atoms with E-state index in [0.29, 0.717) is 5.69 Å². The van der Waals surface area contributed by atoms with E-state index in [1.165, 1.54) is 6.07 Å². The molecule has 6 nitrogen and oxygen atoms in total. The van der Waals surface area contributed by atoms with E-state index in [9.17, 15) is 8.42 Å². The van der Waals surface area contributed by atoms with Gasteiger partial charge in [0.1, 0.15) is 4.90 Å². The van der Waals surface area contributed by atoms with E-state index >= 15 is 0 Å². The van der Waals surface area contributed by atoms with Gasteiger partial charge < -0.3 is 0 Å². The first-order chi connectivity index (χ1) is 8.45. The Kier molecular flexibility index (Phi) is 3.20.